The molecule has 0 fully saturated rings. The summed E-state index contributed by atoms with van der Waals surface area (Å²) in [7, 11) is 0. The minimum Gasteiger partial charge on any atom is -0.480 e. The lowest BCUT2D eigenvalue weighted by Gasteiger charge is -2.20. The van der Waals surface area contributed by atoms with Gasteiger partial charge in [0.25, 0.3) is 0 Å². The van der Waals surface area contributed by atoms with Crippen molar-refractivity contribution in [1.29, 1.82) is 0 Å². The van der Waals surface area contributed by atoms with E-state index in [0.29, 0.717) is 13.0 Å². The minimum absolute atomic E-state index is 0.244. The van der Waals surface area contributed by atoms with Crippen molar-refractivity contribution >= 4 is 17.8 Å². The molecule has 25 heavy (non-hydrogen) atoms. The Morgan fingerprint density at radius 2 is 1.76 bits per heavy atom. The molecule has 0 aromatic heterocycles. The molecule has 1 aromatic rings. The molecule has 0 spiro atoms. The van der Waals surface area contributed by atoms with Gasteiger partial charge in [-0.15, -0.1) is 0 Å². The number of carbonyl (C=O) groups is 3. The normalized spacial score (nSPS) is 12.9. The number of hydrogen-bond acceptors (Lipinski definition) is 5. The number of nitrogens with one attached hydrogen (secondary N) is 2. The Labute approximate surface area is 147 Å². The van der Waals surface area contributed by atoms with Gasteiger partial charge in [0.15, 0.2) is 0 Å². The predicted molar refractivity (Wildman–Crippen MR) is 93.6 cm³/mol. The van der Waals surface area contributed by atoms with Gasteiger partial charge in [-0.05, 0) is 24.9 Å². The first kappa shape index (κ1) is 20.6. The van der Waals surface area contributed by atoms with E-state index in [4.69, 9.17) is 16.6 Å². The van der Waals surface area contributed by atoms with Crippen molar-refractivity contribution in [3.8, 4) is 0 Å². The molecule has 8 nitrogen and oxygen atoms in total. The highest BCUT2D eigenvalue weighted by atomic mass is 16.4. The van der Waals surface area contributed by atoms with Crippen LogP contribution in [0.5, 0.6) is 0 Å². The molecule has 0 saturated heterocycles. The molecular weight excluding hydrogens is 324 g/mol. The van der Waals surface area contributed by atoms with Crippen molar-refractivity contribution < 1.29 is 19.5 Å². The lowest BCUT2D eigenvalue weighted by atomic mass is 10.0. The molecule has 8 heteroatoms. The van der Waals surface area contributed by atoms with Crippen LogP contribution in [0.4, 0.5) is 0 Å². The van der Waals surface area contributed by atoms with E-state index in [0.717, 1.165) is 18.4 Å². The maximum atomic E-state index is 12.2. The molecule has 138 valence electrons. The monoisotopic (exact) mass is 350 g/mol. The molecule has 0 heterocycles. The molecule has 2 atom stereocenters. The zero-order valence-corrected chi connectivity index (χ0v) is 14.1. The Balaban J connectivity index is 2.70. The van der Waals surface area contributed by atoms with E-state index in [2.05, 4.69) is 10.6 Å². The second-order valence-corrected chi connectivity index (χ2v) is 5.75. The summed E-state index contributed by atoms with van der Waals surface area (Å²) in [5.41, 5.74) is 12.1. The van der Waals surface area contributed by atoms with Crippen LogP contribution in [-0.2, 0) is 20.8 Å². The van der Waals surface area contributed by atoms with Crippen molar-refractivity contribution in [3.05, 3.63) is 35.9 Å². The highest BCUT2D eigenvalue weighted by Gasteiger charge is 2.24. The number of carboxylic acids is 1. The van der Waals surface area contributed by atoms with Crippen LogP contribution in [0.2, 0.25) is 0 Å². The molecule has 2 unspecified atom stereocenters. The maximum Gasteiger partial charge on any atom is 0.322 e. The van der Waals surface area contributed by atoms with Crippen molar-refractivity contribution in [1.82, 2.24) is 10.6 Å². The molecule has 2 amide bonds. The topological polar surface area (TPSA) is 148 Å². The average molecular weight is 350 g/mol. The Bertz CT molecular complexity index is 565. The minimum atomic E-state index is -1.16. The van der Waals surface area contributed by atoms with E-state index in [1.165, 1.54) is 0 Å². The van der Waals surface area contributed by atoms with Crippen LogP contribution in [0.25, 0.3) is 0 Å². The fourth-order valence-corrected chi connectivity index (χ4v) is 2.26. The van der Waals surface area contributed by atoms with Crippen molar-refractivity contribution in [2.24, 2.45) is 11.5 Å². The summed E-state index contributed by atoms with van der Waals surface area (Å²) in [6.07, 6.45) is 2.21. The fourth-order valence-electron chi connectivity index (χ4n) is 2.26. The summed E-state index contributed by atoms with van der Waals surface area (Å²) in [6, 6.07) is 7.50. The van der Waals surface area contributed by atoms with Crippen LogP contribution in [0.3, 0.4) is 0 Å². The predicted octanol–water partition coefficient (Wildman–Crippen LogP) is -0.629. The molecule has 1 rings (SSSR count). The zero-order valence-electron chi connectivity index (χ0n) is 14.1. The first-order valence-electron chi connectivity index (χ1n) is 8.23. The number of aliphatic carboxylic acids is 1. The summed E-state index contributed by atoms with van der Waals surface area (Å²) < 4.78 is 0. The van der Waals surface area contributed by atoms with Crippen LogP contribution >= 0.6 is 0 Å². The van der Waals surface area contributed by atoms with Gasteiger partial charge in [0, 0.05) is 6.42 Å². The van der Waals surface area contributed by atoms with Gasteiger partial charge in [-0.1, -0.05) is 36.8 Å². The van der Waals surface area contributed by atoms with Gasteiger partial charge in [-0.2, -0.15) is 0 Å². The summed E-state index contributed by atoms with van der Waals surface area (Å²) >= 11 is 0. The lowest BCUT2D eigenvalue weighted by Crippen LogP contribution is -2.53. The van der Waals surface area contributed by atoms with Gasteiger partial charge in [0.2, 0.25) is 11.8 Å². The number of hydrogen-bond donors (Lipinski definition) is 5. The standard InChI is InChI=1S/C17H26N4O4/c18-9-5-4-8-13(19)16(24)21-14(17(25)20-11-15(22)23)10-12-6-2-1-3-7-12/h1-3,6-7,13-14H,4-5,8-11,18-19H2,(H,20,25)(H,21,24)(H,22,23). The number of carbonyl (C=O) groups excluding carboxylic acids is 2. The van der Waals surface area contributed by atoms with E-state index in [9.17, 15) is 14.4 Å². The van der Waals surface area contributed by atoms with Crippen LogP contribution in [0.1, 0.15) is 24.8 Å². The molecule has 0 aliphatic carbocycles. The molecule has 0 saturated carbocycles. The third kappa shape index (κ3) is 8.27. The molecular formula is C17H26N4O4. The van der Waals surface area contributed by atoms with Crippen molar-refractivity contribution in [2.45, 2.75) is 37.8 Å². The molecule has 0 aliphatic heterocycles. The number of nitrogens with two attached hydrogens (primary N) is 2. The number of carboxylic acid groups (broad SMARTS) is 1. The zero-order chi connectivity index (χ0) is 18.7. The number of rotatable bonds is 11. The number of amides is 2. The summed E-state index contributed by atoms with van der Waals surface area (Å²) in [5.74, 6) is -2.16. The first-order valence-corrected chi connectivity index (χ1v) is 8.23. The Hall–Kier alpha value is -2.45. The van der Waals surface area contributed by atoms with Gasteiger partial charge in [0.05, 0.1) is 6.04 Å². The highest BCUT2D eigenvalue weighted by molar-refractivity contribution is 5.91. The molecule has 7 N–H and O–H groups in total. The van der Waals surface area contributed by atoms with Gasteiger partial charge >= 0.3 is 5.97 Å². The van der Waals surface area contributed by atoms with E-state index in [1.807, 2.05) is 30.3 Å². The van der Waals surface area contributed by atoms with Crippen LogP contribution in [0.15, 0.2) is 30.3 Å². The van der Waals surface area contributed by atoms with E-state index in [1.54, 1.807) is 0 Å². The van der Waals surface area contributed by atoms with Crippen LogP contribution in [-0.4, -0.2) is 48.1 Å². The number of unbranched alkanes of at least 4 members (excludes halogenated alkanes) is 1. The van der Waals surface area contributed by atoms with Crippen molar-refractivity contribution in [2.75, 3.05) is 13.1 Å². The molecule has 0 radical (unpaired) electrons. The molecule has 1 aromatic carbocycles. The van der Waals surface area contributed by atoms with Gasteiger partial charge in [-0.3, -0.25) is 14.4 Å². The van der Waals surface area contributed by atoms with Gasteiger partial charge < -0.3 is 27.2 Å². The lowest BCUT2D eigenvalue weighted by molar-refractivity contribution is -0.138. The SMILES string of the molecule is NCCCCC(N)C(=O)NC(Cc1ccccc1)C(=O)NCC(=O)O. The Morgan fingerprint density at radius 1 is 1.08 bits per heavy atom. The van der Waals surface area contributed by atoms with E-state index in [-0.39, 0.29) is 6.42 Å². The maximum absolute atomic E-state index is 12.2. The fraction of sp³-hybridized carbons (Fsp3) is 0.471. The second kappa shape index (κ2) is 11.2. The average Bonchev–Trinajstić information content (AvgIpc) is 2.60. The van der Waals surface area contributed by atoms with Gasteiger partial charge in [-0.25, -0.2) is 0 Å². The van der Waals surface area contributed by atoms with Crippen LogP contribution in [0, 0.1) is 0 Å². The quantitative estimate of drug-likeness (QED) is 0.336. The molecule has 0 aliphatic rings. The highest BCUT2D eigenvalue weighted by Crippen LogP contribution is 2.05. The summed E-state index contributed by atoms with van der Waals surface area (Å²) in [4.78, 5) is 35.1. The summed E-state index contributed by atoms with van der Waals surface area (Å²) in [6.45, 7) is 0.0190. The van der Waals surface area contributed by atoms with E-state index >= 15 is 0 Å². The van der Waals surface area contributed by atoms with E-state index < -0.39 is 36.4 Å². The second-order valence-electron chi connectivity index (χ2n) is 5.75. The Kier molecular flexibility index (Phi) is 9.20. The van der Waals surface area contributed by atoms with Crippen molar-refractivity contribution in [3.63, 3.8) is 0 Å². The van der Waals surface area contributed by atoms with Gasteiger partial charge in [0.1, 0.15) is 12.6 Å². The smallest absolute Gasteiger partial charge is 0.322 e. The Morgan fingerprint density at radius 3 is 2.36 bits per heavy atom. The number of benzene rings is 1. The molecule has 0 bridgehead atoms. The van der Waals surface area contributed by atoms with Crippen LogP contribution < -0.4 is 22.1 Å². The summed E-state index contributed by atoms with van der Waals surface area (Å²) in [5, 5.41) is 13.6. The largest absolute Gasteiger partial charge is 0.480 e. The third-order valence-corrected chi connectivity index (χ3v) is 3.64. The first-order chi connectivity index (χ1) is 11.9. The third-order valence-electron chi connectivity index (χ3n) is 3.64.